The van der Waals surface area contributed by atoms with Crippen molar-refractivity contribution in [2.75, 3.05) is 19.6 Å². The Hall–Kier alpha value is -0.0800. The van der Waals surface area contributed by atoms with Gasteiger partial charge in [0.2, 0.25) is 0 Å². The molecule has 2 N–H and O–H groups in total. The van der Waals surface area contributed by atoms with Crippen LogP contribution < -0.4 is 5.73 Å². The standard InChI is InChI=1S/C8H18N2/c1-8(4-5-9)10-6-2-3-7-10/h8H,2-7,9H2,1H3/t8-/m0/s1. The zero-order valence-corrected chi connectivity index (χ0v) is 6.84. The third kappa shape index (κ3) is 1.96. The number of nitrogens with two attached hydrogens (primary N) is 1. The maximum absolute atomic E-state index is 5.47. The van der Waals surface area contributed by atoms with Crippen LogP contribution >= 0.6 is 0 Å². The molecule has 0 spiro atoms. The Bertz CT molecular complexity index is 87.3. The van der Waals surface area contributed by atoms with Gasteiger partial charge >= 0.3 is 0 Å². The van der Waals surface area contributed by atoms with E-state index in [1.54, 1.807) is 0 Å². The molecule has 2 heteroatoms. The molecule has 0 amide bonds. The van der Waals surface area contributed by atoms with Crippen molar-refractivity contribution in [3.8, 4) is 0 Å². The van der Waals surface area contributed by atoms with Gasteiger partial charge in [0.1, 0.15) is 0 Å². The third-order valence-electron chi connectivity index (χ3n) is 2.35. The van der Waals surface area contributed by atoms with Crippen molar-refractivity contribution in [1.29, 1.82) is 0 Å². The molecule has 1 saturated heterocycles. The molecule has 0 radical (unpaired) electrons. The fraction of sp³-hybridized carbons (Fsp3) is 1.00. The van der Waals surface area contributed by atoms with E-state index >= 15 is 0 Å². The van der Waals surface area contributed by atoms with Gasteiger partial charge in [0.25, 0.3) is 0 Å². The molecule has 0 aromatic rings. The molecular weight excluding hydrogens is 124 g/mol. The molecule has 0 aromatic heterocycles. The predicted octanol–water partition coefficient (Wildman–Crippen LogP) is 0.819. The highest BCUT2D eigenvalue weighted by Crippen LogP contribution is 2.12. The first-order chi connectivity index (χ1) is 4.84. The van der Waals surface area contributed by atoms with Gasteiger partial charge in [-0.15, -0.1) is 0 Å². The zero-order chi connectivity index (χ0) is 7.40. The van der Waals surface area contributed by atoms with E-state index in [0.717, 1.165) is 13.0 Å². The maximum atomic E-state index is 5.47. The molecule has 1 rings (SSSR count). The van der Waals surface area contributed by atoms with Crippen molar-refractivity contribution < 1.29 is 0 Å². The van der Waals surface area contributed by atoms with Gasteiger partial charge in [-0.25, -0.2) is 0 Å². The van der Waals surface area contributed by atoms with Gasteiger partial charge < -0.3 is 10.6 Å². The first kappa shape index (κ1) is 8.02. The summed E-state index contributed by atoms with van der Waals surface area (Å²) in [4.78, 5) is 2.53. The summed E-state index contributed by atoms with van der Waals surface area (Å²) >= 11 is 0. The Kier molecular flexibility index (Phi) is 3.16. The van der Waals surface area contributed by atoms with E-state index in [2.05, 4.69) is 11.8 Å². The molecule has 1 aliphatic rings. The summed E-state index contributed by atoms with van der Waals surface area (Å²) in [6, 6.07) is 0.715. The van der Waals surface area contributed by atoms with Crippen LogP contribution in [0.4, 0.5) is 0 Å². The van der Waals surface area contributed by atoms with Gasteiger partial charge in [0.05, 0.1) is 0 Å². The number of hydrogen-bond donors (Lipinski definition) is 1. The summed E-state index contributed by atoms with van der Waals surface area (Å²) in [5, 5.41) is 0. The highest BCUT2D eigenvalue weighted by Gasteiger charge is 2.16. The molecule has 1 fully saturated rings. The summed E-state index contributed by atoms with van der Waals surface area (Å²) in [5.41, 5.74) is 5.47. The van der Waals surface area contributed by atoms with Gasteiger partial charge in [-0.1, -0.05) is 0 Å². The number of rotatable bonds is 3. The van der Waals surface area contributed by atoms with Crippen LogP contribution in [-0.4, -0.2) is 30.6 Å². The van der Waals surface area contributed by atoms with E-state index in [1.807, 2.05) is 0 Å². The first-order valence-corrected chi connectivity index (χ1v) is 4.28. The van der Waals surface area contributed by atoms with E-state index in [1.165, 1.54) is 25.9 Å². The fourth-order valence-electron chi connectivity index (χ4n) is 1.61. The van der Waals surface area contributed by atoms with Crippen LogP contribution in [-0.2, 0) is 0 Å². The lowest BCUT2D eigenvalue weighted by Gasteiger charge is -2.22. The van der Waals surface area contributed by atoms with E-state index < -0.39 is 0 Å². The van der Waals surface area contributed by atoms with E-state index in [4.69, 9.17) is 5.73 Å². The minimum absolute atomic E-state index is 0.715. The third-order valence-corrected chi connectivity index (χ3v) is 2.35. The minimum Gasteiger partial charge on any atom is -0.330 e. The highest BCUT2D eigenvalue weighted by atomic mass is 15.2. The SMILES string of the molecule is C[C@@H](CCN)N1CCCC1. The van der Waals surface area contributed by atoms with Crippen molar-refractivity contribution in [3.05, 3.63) is 0 Å². The van der Waals surface area contributed by atoms with Crippen LogP contribution in [0.5, 0.6) is 0 Å². The fourth-order valence-corrected chi connectivity index (χ4v) is 1.61. The van der Waals surface area contributed by atoms with Crippen LogP contribution in [0, 0.1) is 0 Å². The smallest absolute Gasteiger partial charge is 0.00789 e. The molecule has 2 nitrogen and oxygen atoms in total. The van der Waals surface area contributed by atoms with Crippen LogP contribution in [0.25, 0.3) is 0 Å². The number of nitrogens with zero attached hydrogens (tertiary/aromatic N) is 1. The molecule has 1 atom stereocenters. The summed E-state index contributed by atoms with van der Waals surface area (Å²) in [7, 11) is 0. The molecule has 60 valence electrons. The quantitative estimate of drug-likeness (QED) is 0.632. The van der Waals surface area contributed by atoms with Crippen LogP contribution in [0.2, 0.25) is 0 Å². The van der Waals surface area contributed by atoms with Gasteiger partial charge in [-0.2, -0.15) is 0 Å². The zero-order valence-electron chi connectivity index (χ0n) is 6.84. The Morgan fingerprint density at radius 1 is 1.40 bits per heavy atom. The molecule has 10 heavy (non-hydrogen) atoms. The monoisotopic (exact) mass is 142 g/mol. The van der Waals surface area contributed by atoms with Crippen molar-refractivity contribution in [2.45, 2.75) is 32.2 Å². The summed E-state index contributed by atoms with van der Waals surface area (Å²) in [5.74, 6) is 0. The Labute approximate surface area is 63.4 Å². The minimum atomic E-state index is 0.715. The summed E-state index contributed by atoms with van der Waals surface area (Å²) < 4.78 is 0. The summed E-state index contributed by atoms with van der Waals surface area (Å²) in [6.45, 7) is 5.69. The number of hydrogen-bond acceptors (Lipinski definition) is 2. The van der Waals surface area contributed by atoms with E-state index in [0.29, 0.717) is 6.04 Å². The second-order valence-corrected chi connectivity index (χ2v) is 3.17. The largest absolute Gasteiger partial charge is 0.330 e. The molecule has 0 unspecified atom stereocenters. The lowest BCUT2D eigenvalue weighted by Crippen LogP contribution is -2.31. The Morgan fingerprint density at radius 3 is 2.50 bits per heavy atom. The van der Waals surface area contributed by atoms with E-state index in [-0.39, 0.29) is 0 Å². The second-order valence-electron chi connectivity index (χ2n) is 3.17. The molecule has 0 bridgehead atoms. The topological polar surface area (TPSA) is 29.3 Å². The van der Waals surface area contributed by atoms with Crippen molar-refractivity contribution >= 4 is 0 Å². The molecule has 0 aliphatic carbocycles. The normalized spacial score (nSPS) is 23.4. The Morgan fingerprint density at radius 2 is 2.00 bits per heavy atom. The van der Waals surface area contributed by atoms with Crippen molar-refractivity contribution in [1.82, 2.24) is 4.90 Å². The lowest BCUT2D eigenvalue weighted by molar-refractivity contribution is 0.250. The van der Waals surface area contributed by atoms with Crippen LogP contribution in [0.1, 0.15) is 26.2 Å². The van der Waals surface area contributed by atoms with Gasteiger partial charge in [-0.05, 0) is 45.8 Å². The van der Waals surface area contributed by atoms with Gasteiger partial charge in [-0.3, -0.25) is 0 Å². The molecular formula is C8H18N2. The first-order valence-electron chi connectivity index (χ1n) is 4.28. The lowest BCUT2D eigenvalue weighted by atomic mass is 10.2. The number of likely N-dealkylation sites (tertiary alicyclic amines) is 1. The Balaban J connectivity index is 2.18. The van der Waals surface area contributed by atoms with Crippen LogP contribution in [0.3, 0.4) is 0 Å². The van der Waals surface area contributed by atoms with E-state index in [9.17, 15) is 0 Å². The molecule has 1 aliphatic heterocycles. The van der Waals surface area contributed by atoms with Crippen molar-refractivity contribution in [2.24, 2.45) is 5.73 Å². The highest BCUT2D eigenvalue weighted by molar-refractivity contribution is 4.72. The molecule has 1 heterocycles. The van der Waals surface area contributed by atoms with Crippen LogP contribution in [0.15, 0.2) is 0 Å². The average molecular weight is 142 g/mol. The molecule has 0 saturated carbocycles. The second kappa shape index (κ2) is 3.94. The van der Waals surface area contributed by atoms with Crippen molar-refractivity contribution in [3.63, 3.8) is 0 Å². The predicted molar refractivity (Wildman–Crippen MR) is 43.9 cm³/mol. The maximum Gasteiger partial charge on any atom is 0.00789 e. The van der Waals surface area contributed by atoms with Gasteiger partial charge in [0, 0.05) is 6.04 Å². The summed E-state index contributed by atoms with van der Waals surface area (Å²) in [6.07, 6.45) is 3.92. The van der Waals surface area contributed by atoms with Gasteiger partial charge in [0.15, 0.2) is 0 Å². The average Bonchev–Trinajstić information content (AvgIpc) is 2.38. The molecule has 0 aromatic carbocycles.